The first-order valence-corrected chi connectivity index (χ1v) is 3.28. The fourth-order valence-electron chi connectivity index (χ4n) is 1.14. The Bertz CT molecular complexity index is 165. The smallest absolute Gasteiger partial charge is 0.228 e. The van der Waals surface area contributed by atoms with E-state index in [1.165, 1.54) is 0 Å². The third kappa shape index (κ3) is 0.926. The van der Waals surface area contributed by atoms with Crippen molar-refractivity contribution in [2.75, 3.05) is 0 Å². The van der Waals surface area contributed by atoms with Crippen LogP contribution in [0.1, 0.15) is 6.92 Å². The number of β-lactam (4-membered cyclic amide) rings is 1. The summed E-state index contributed by atoms with van der Waals surface area (Å²) in [6.45, 7) is 5.13. The number of carbonyl (C=O) groups excluding carboxylic acids is 1. The average Bonchev–Trinajstić information content (AvgIpc) is 1.80. The van der Waals surface area contributed by atoms with Gasteiger partial charge in [0.05, 0.1) is 18.1 Å². The van der Waals surface area contributed by atoms with E-state index in [9.17, 15) is 4.79 Å². The van der Waals surface area contributed by atoms with Crippen LogP contribution in [0.4, 0.5) is 0 Å². The van der Waals surface area contributed by atoms with Crippen LogP contribution in [0.5, 0.6) is 0 Å². The normalized spacial score (nSPS) is 34.0. The lowest BCUT2D eigenvalue weighted by Gasteiger charge is -2.36. The van der Waals surface area contributed by atoms with E-state index in [2.05, 4.69) is 11.9 Å². The number of hydrogen-bond donors (Lipinski definition) is 2. The van der Waals surface area contributed by atoms with Crippen LogP contribution >= 0.6 is 0 Å². The van der Waals surface area contributed by atoms with Crippen molar-refractivity contribution in [3.05, 3.63) is 12.7 Å². The van der Waals surface area contributed by atoms with Crippen LogP contribution in [-0.4, -0.2) is 23.2 Å². The minimum atomic E-state index is -0.572. The van der Waals surface area contributed by atoms with Gasteiger partial charge in [-0.15, -0.1) is 6.58 Å². The molecule has 56 valence electrons. The lowest BCUT2D eigenvalue weighted by atomic mass is 9.86. The van der Waals surface area contributed by atoms with Crippen molar-refractivity contribution in [3.8, 4) is 0 Å². The second-order valence-corrected chi connectivity index (χ2v) is 2.54. The molecule has 0 saturated carbocycles. The number of aliphatic hydroxyl groups excluding tert-OH is 1. The molecule has 1 saturated heterocycles. The van der Waals surface area contributed by atoms with Gasteiger partial charge in [0.1, 0.15) is 0 Å². The van der Waals surface area contributed by atoms with Gasteiger partial charge < -0.3 is 10.4 Å². The molecule has 3 atom stereocenters. The van der Waals surface area contributed by atoms with E-state index in [0.717, 1.165) is 0 Å². The minimum absolute atomic E-state index is 0.0347. The van der Waals surface area contributed by atoms with Crippen molar-refractivity contribution in [2.45, 2.75) is 19.1 Å². The zero-order chi connectivity index (χ0) is 7.72. The largest absolute Gasteiger partial charge is 0.392 e. The number of amides is 1. The summed E-state index contributed by atoms with van der Waals surface area (Å²) in [5.41, 5.74) is 0. The second-order valence-electron chi connectivity index (χ2n) is 2.54. The average molecular weight is 141 g/mol. The van der Waals surface area contributed by atoms with E-state index in [1.54, 1.807) is 13.0 Å². The first kappa shape index (κ1) is 7.28. The number of rotatable bonds is 2. The van der Waals surface area contributed by atoms with Gasteiger partial charge in [-0.25, -0.2) is 0 Å². The maximum atomic E-state index is 10.7. The highest BCUT2D eigenvalue weighted by atomic mass is 16.3. The fraction of sp³-hybridized carbons (Fsp3) is 0.571. The quantitative estimate of drug-likeness (QED) is 0.408. The van der Waals surface area contributed by atoms with Crippen LogP contribution in [0.15, 0.2) is 12.7 Å². The van der Waals surface area contributed by atoms with E-state index in [4.69, 9.17) is 5.11 Å². The molecule has 3 heteroatoms. The Hall–Kier alpha value is -0.830. The predicted molar refractivity (Wildman–Crippen MR) is 37.3 cm³/mol. The monoisotopic (exact) mass is 141 g/mol. The molecule has 1 amide bonds. The summed E-state index contributed by atoms with van der Waals surface area (Å²) in [7, 11) is 0. The van der Waals surface area contributed by atoms with Gasteiger partial charge in [-0.3, -0.25) is 4.79 Å². The molecule has 3 nitrogen and oxygen atoms in total. The molecule has 0 spiro atoms. The summed E-state index contributed by atoms with van der Waals surface area (Å²) in [5.74, 6) is -0.364. The Morgan fingerprint density at radius 2 is 2.50 bits per heavy atom. The van der Waals surface area contributed by atoms with E-state index >= 15 is 0 Å². The summed E-state index contributed by atoms with van der Waals surface area (Å²) in [4.78, 5) is 10.7. The zero-order valence-corrected chi connectivity index (χ0v) is 5.87. The molecule has 2 N–H and O–H groups in total. The molecule has 0 aromatic rings. The molecule has 0 aromatic heterocycles. The summed E-state index contributed by atoms with van der Waals surface area (Å²) in [6.07, 6.45) is 1.07. The van der Waals surface area contributed by atoms with Gasteiger partial charge in [-0.05, 0) is 6.92 Å². The summed E-state index contributed by atoms with van der Waals surface area (Å²) in [6, 6.07) is -0.0347. The molecule has 0 bridgehead atoms. The number of aliphatic hydroxyl groups is 1. The van der Waals surface area contributed by atoms with Crippen molar-refractivity contribution in [3.63, 3.8) is 0 Å². The maximum absolute atomic E-state index is 10.7. The Kier molecular flexibility index (Phi) is 1.76. The second kappa shape index (κ2) is 2.42. The predicted octanol–water partition coefficient (Wildman–Crippen LogP) is -0.332. The molecule has 1 aliphatic rings. The van der Waals surface area contributed by atoms with Crippen molar-refractivity contribution in [2.24, 2.45) is 5.92 Å². The summed E-state index contributed by atoms with van der Waals surface area (Å²) in [5, 5.41) is 11.6. The van der Waals surface area contributed by atoms with Gasteiger partial charge in [0.2, 0.25) is 5.91 Å². The Morgan fingerprint density at radius 1 is 1.90 bits per heavy atom. The first-order chi connectivity index (χ1) is 4.66. The van der Waals surface area contributed by atoms with Gasteiger partial charge in [0, 0.05) is 0 Å². The van der Waals surface area contributed by atoms with Crippen LogP contribution in [0.25, 0.3) is 0 Å². The standard InChI is InChI=1S/C7H11NO2/c1-3-5-6(4(2)9)7(10)8-5/h3-6,9H,1H2,2H3,(H,8,10)/t4?,5-,6-/m0/s1. The molecule has 1 rings (SSSR count). The lowest BCUT2D eigenvalue weighted by molar-refractivity contribution is -0.138. The van der Waals surface area contributed by atoms with Gasteiger partial charge in [0.25, 0.3) is 0 Å². The van der Waals surface area contributed by atoms with Crippen molar-refractivity contribution in [1.82, 2.24) is 5.32 Å². The molecule has 0 aliphatic carbocycles. The van der Waals surface area contributed by atoms with Crippen LogP contribution in [-0.2, 0) is 4.79 Å². The number of carbonyl (C=O) groups is 1. The van der Waals surface area contributed by atoms with E-state index in [-0.39, 0.29) is 17.9 Å². The highest BCUT2D eigenvalue weighted by molar-refractivity contribution is 5.87. The van der Waals surface area contributed by atoms with E-state index in [0.29, 0.717) is 0 Å². The van der Waals surface area contributed by atoms with Crippen LogP contribution in [0, 0.1) is 5.92 Å². The van der Waals surface area contributed by atoms with Crippen molar-refractivity contribution >= 4 is 5.91 Å². The van der Waals surface area contributed by atoms with Crippen LogP contribution < -0.4 is 5.32 Å². The van der Waals surface area contributed by atoms with E-state index < -0.39 is 6.10 Å². The molecular formula is C7H11NO2. The van der Waals surface area contributed by atoms with Gasteiger partial charge in [-0.2, -0.15) is 0 Å². The highest BCUT2D eigenvalue weighted by Gasteiger charge is 2.40. The Balaban J connectivity index is 2.55. The molecule has 10 heavy (non-hydrogen) atoms. The van der Waals surface area contributed by atoms with Crippen molar-refractivity contribution in [1.29, 1.82) is 0 Å². The van der Waals surface area contributed by atoms with Gasteiger partial charge >= 0.3 is 0 Å². The highest BCUT2D eigenvalue weighted by Crippen LogP contribution is 2.19. The molecule has 1 fully saturated rings. The summed E-state index contributed by atoms with van der Waals surface area (Å²) >= 11 is 0. The Morgan fingerprint density at radius 3 is 2.70 bits per heavy atom. The molecular weight excluding hydrogens is 130 g/mol. The van der Waals surface area contributed by atoms with Crippen LogP contribution in [0.3, 0.4) is 0 Å². The fourth-order valence-corrected chi connectivity index (χ4v) is 1.14. The lowest BCUT2D eigenvalue weighted by Crippen LogP contribution is -2.60. The minimum Gasteiger partial charge on any atom is -0.392 e. The molecule has 1 aliphatic heterocycles. The Labute approximate surface area is 59.7 Å². The van der Waals surface area contributed by atoms with Crippen LogP contribution in [0.2, 0.25) is 0 Å². The third-order valence-corrected chi connectivity index (χ3v) is 1.77. The maximum Gasteiger partial charge on any atom is 0.228 e. The van der Waals surface area contributed by atoms with Gasteiger partial charge in [0.15, 0.2) is 0 Å². The van der Waals surface area contributed by atoms with Gasteiger partial charge in [-0.1, -0.05) is 6.08 Å². The SMILES string of the molecule is C=C[C@@H]1NC(=O)[C@H]1C(C)O. The topological polar surface area (TPSA) is 49.3 Å². The van der Waals surface area contributed by atoms with E-state index in [1.807, 2.05) is 0 Å². The first-order valence-electron chi connectivity index (χ1n) is 3.28. The molecule has 1 heterocycles. The molecule has 0 radical (unpaired) electrons. The number of nitrogens with one attached hydrogen (secondary N) is 1. The zero-order valence-electron chi connectivity index (χ0n) is 5.87. The van der Waals surface area contributed by atoms with Crippen molar-refractivity contribution < 1.29 is 9.90 Å². The molecule has 0 aromatic carbocycles. The molecule has 1 unspecified atom stereocenters. The number of hydrogen-bond acceptors (Lipinski definition) is 2. The summed E-state index contributed by atoms with van der Waals surface area (Å²) < 4.78 is 0. The third-order valence-electron chi connectivity index (χ3n) is 1.77.